The molecule has 0 spiro atoms. The molecule has 4 atom stereocenters. The molecule has 0 aromatic heterocycles. The first kappa shape index (κ1) is 28.1. The minimum atomic E-state index is -0.647. The molecule has 0 amide bonds. The van der Waals surface area contributed by atoms with E-state index in [0.717, 1.165) is 63.4 Å². The fourth-order valence-electron chi connectivity index (χ4n) is 6.82. The van der Waals surface area contributed by atoms with Gasteiger partial charge in [-0.2, -0.15) is 0 Å². The number of carbonyl (C=O) groups excluding carboxylic acids is 1. The Bertz CT molecular complexity index is 767. The lowest BCUT2D eigenvalue weighted by molar-refractivity contribution is -0.177. The molecule has 0 bridgehead atoms. The van der Waals surface area contributed by atoms with Crippen molar-refractivity contribution >= 4 is 5.78 Å². The average Bonchev–Trinajstić information content (AvgIpc) is 2.72. The highest BCUT2D eigenvalue weighted by atomic mass is 16.3. The van der Waals surface area contributed by atoms with Crippen LogP contribution in [0.3, 0.4) is 0 Å². The van der Waals surface area contributed by atoms with Gasteiger partial charge in [0, 0.05) is 11.8 Å². The van der Waals surface area contributed by atoms with E-state index >= 15 is 0 Å². The molecule has 2 saturated carbocycles. The molecule has 2 N–H and O–H groups in total. The minimum Gasteiger partial charge on any atom is -0.392 e. The van der Waals surface area contributed by atoms with Crippen LogP contribution in [0, 0.1) is 22.7 Å². The lowest BCUT2D eigenvalue weighted by Gasteiger charge is -2.60. The lowest BCUT2D eigenvalue weighted by atomic mass is 9.45. The number of aliphatic hydroxyl groups excluding tert-OH is 1. The second-order valence-electron chi connectivity index (χ2n) is 12.1. The monoisotopic (exact) mass is 458 g/mol. The van der Waals surface area contributed by atoms with Crippen LogP contribution >= 0.6 is 0 Å². The second kappa shape index (κ2) is 11.5. The molecule has 3 nitrogen and oxygen atoms in total. The van der Waals surface area contributed by atoms with Crippen LogP contribution in [0.2, 0.25) is 0 Å². The van der Waals surface area contributed by atoms with Crippen LogP contribution in [0.4, 0.5) is 0 Å². The summed E-state index contributed by atoms with van der Waals surface area (Å²) in [6, 6.07) is 0. The Hall–Kier alpha value is -1.19. The third-order valence-corrected chi connectivity index (χ3v) is 9.02. The van der Waals surface area contributed by atoms with Gasteiger partial charge in [0.25, 0.3) is 0 Å². The summed E-state index contributed by atoms with van der Waals surface area (Å²) in [5.41, 5.74) is 2.99. The largest absolute Gasteiger partial charge is 0.392 e. The summed E-state index contributed by atoms with van der Waals surface area (Å²) in [5, 5.41) is 20.4. The van der Waals surface area contributed by atoms with Gasteiger partial charge in [-0.15, -0.1) is 0 Å². The Morgan fingerprint density at radius 1 is 0.909 bits per heavy atom. The third-order valence-electron chi connectivity index (χ3n) is 9.02. The van der Waals surface area contributed by atoms with Crippen LogP contribution in [0.15, 0.2) is 34.9 Å². The summed E-state index contributed by atoms with van der Waals surface area (Å²) in [6.07, 6.45) is 16.3. The van der Waals surface area contributed by atoms with Gasteiger partial charge in [-0.1, -0.05) is 55.7 Å². The van der Waals surface area contributed by atoms with Gasteiger partial charge in [0.2, 0.25) is 0 Å². The topological polar surface area (TPSA) is 57.5 Å². The molecule has 0 heterocycles. The normalized spacial score (nSPS) is 33.2. The van der Waals surface area contributed by atoms with Gasteiger partial charge < -0.3 is 10.2 Å². The summed E-state index contributed by atoms with van der Waals surface area (Å²) >= 11 is 0. The number of allylic oxidation sites excluding steroid dienone is 5. The van der Waals surface area contributed by atoms with E-state index < -0.39 is 5.60 Å². The van der Waals surface area contributed by atoms with E-state index in [4.69, 9.17) is 5.11 Å². The average molecular weight is 459 g/mol. The van der Waals surface area contributed by atoms with Crippen LogP contribution in [0.1, 0.15) is 113 Å². The molecule has 2 fully saturated rings. The maximum atomic E-state index is 12.6. The molecule has 0 saturated heterocycles. The smallest absolute Gasteiger partial charge is 0.138 e. The molecule has 3 heteroatoms. The van der Waals surface area contributed by atoms with E-state index in [9.17, 15) is 9.90 Å². The van der Waals surface area contributed by atoms with Gasteiger partial charge in [0.05, 0.1) is 12.2 Å². The van der Waals surface area contributed by atoms with E-state index in [1.54, 1.807) is 0 Å². The summed E-state index contributed by atoms with van der Waals surface area (Å²) < 4.78 is 0. The molecule has 0 aliphatic heterocycles. The van der Waals surface area contributed by atoms with Gasteiger partial charge in [-0.25, -0.2) is 0 Å². The predicted octanol–water partition coefficient (Wildman–Crippen LogP) is 7.33. The molecule has 0 radical (unpaired) electrons. The third kappa shape index (κ3) is 6.92. The van der Waals surface area contributed by atoms with Crippen molar-refractivity contribution in [2.24, 2.45) is 22.7 Å². The molecule has 2 aliphatic carbocycles. The van der Waals surface area contributed by atoms with E-state index in [-0.39, 0.29) is 23.4 Å². The molecule has 0 unspecified atom stereocenters. The zero-order valence-corrected chi connectivity index (χ0v) is 22.5. The zero-order valence-electron chi connectivity index (χ0n) is 22.5. The molecule has 0 aromatic rings. The number of hydrogen-bond acceptors (Lipinski definition) is 3. The highest BCUT2D eigenvalue weighted by Gasteiger charge is 2.59. The van der Waals surface area contributed by atoms with Crippen LogP contribution in [-0.2, 0) is 4.79 Å². The number of rotatable bonds is 10. The van der Waals surface area contributed by atoms with Crippen molar-refractivity contribution in [1.29, 1.82) is 0 Å². The number of aliphatic hydroxyl groups is 2. The highest BCUT2D eigenvalue weighted by molar-refractivity contribution is 5.85. The van der Waals surface area contributed by atoms with Crippen molar-refractivity contribution in [3.8, 4) is 0 Å². The van der Waals surface area contributed by atoms with Gasteiger partial charge in [0.1, 0.15) is 5.78 Å². The number of ketones is 1. The van der Waals surface area contributed by atoms with Gasteiger partial charge in [-0.05, 0) is 103 Å². The van der Waals surface area contributed by atoms with Crippen LogP contribution in [-0.4, -0.2) is 28.2 Å². The standard InChI is InChI=1S/C30H50O3/c1-22(13-9-15-24(3)21-31)11-8-12-23(2)14-10-16-26-29(6)19-18-27(32)28(4,5)25(29)17-20-30(26,7)33/h11,14-15,25-26,31,33H,8-10,12-13,16-21H2,1-7H3/b22-11+,23-14+,24-15+/t25-,26+,29-,30+/m0/s1. The number of fused-ring (bicyclic) bond motifs is 1. The number of hydrogen-bond donors (Lipinski definition) is 2. The van der Waals surface area contributed by atoms with Crippen molar-refractivity contribution in [1.82, 2.24) is 0 Å². The molecule has 33 heavy (non-hydrogen) atoms. The van der Waals surface area contributed by atoms with Crippen molar-refractivity contribution in [3.05, 3.63) is 34.9 Å². The maximum absolute atomic E-state index is 12.6. The van der Waals surface area contributed by atoms with Crippen molar-refractivity contribution in [2.45, 2.75) is 118 Å². The Morgan fingerprint density at radius 3 is 2.03 bits per heavy atom. The van der Waals surface area contributed by atoms with Gasteiger partial charge in [0.15, 0.2) is 0 Å². The molecule has 188 valence electrons. The first-order valence-corrected chi connectivity index (χ1v) is 13.2. The Labute approximate surface area is 203 Å². The molecular formula is C30H50O3. The van der Waals surface area contributed by atoms with E-state index in [1.165, 1.54) is 11.1 Å². The first-order valence-electron chi connectivity index (χ1n) is 13.2. The SMILES string of the molecule is C/C(=C\CC/C(C)=C/CC/C(C)=C/CC[C@@H]1[C@@]2(C)CCC(=O)C(C)(C)[C@@H]2CC[C@@]1(C)O)CO. The zero-order chi connectivity index (χ0) is 24.9. The van der Waals surface area contributed by atoms with Crippen LogP contribution in [0.5, 0.6) is 0 Å². The van der Waals surface area contributed by atoms with E-state index in [0.29, 0.717) is 18.1 Å². The van der Waals surface area contributed by atoms with Crippen molar-refractivity contribution < 1.29 is 15.0 Å². The van der Waals surface area contributed by atoms with Gasteiger partial charge in [-0.3, -0.25) is 4.79 Å². The minimum absolute atomic E-state index is 0.0313. The van der Waals surface area contributed by atoms with Crippen molar-refractivity contribution in [3.63, 3.8) is 0 Å². The highest BCUT2D eigenvalue weighted by Crippen LogP contribution is 2.62. The van der Waals surface area contributed by atoms with Crippen LogP contribution in [0.25, 0.3) is 0 Å². The van der Waals surface area contributed by atoms with Gasteiger partial charge >= 0.3 is 0 Å². The summed E-state index contributed by atoms with van der Waals surface area (Å²) in [7, 11) is 0. The predicted molar refractivity (Wildman–Crippen MR) is 139 cm³/mol. The quantitative estimate of drug-likeness (QED) is 0.337. The maximum Gasteiger partial charge on any atom is 0.138 e. The Morgan fingerprint density at radius 2 is 1.45 bits per heavy atom. The summed E-state index contributed by atoms with van der Waals surface area (Å²) in [4.78, 5) is 12.6. The first-order chi connectivity index (χ1) is 15.3. The molecule has 0 aromatic carbocycles. The fraction of sp³-hybridized carbons (Fsp3) is 0.767. The fourth-order valence-corrected chi connectivity index (χ4v) is 6.82. The lowest BCUT2D eigenvalue weighted by Crippen LogP contribution is -2.59. The molecule has 2 rings (SSSR count). The molecule has 2 aliphatic rings. The Balaban J connectivity index is 1.93. The summed E-state index contributed by atoms with van der Waals surface area (Å²) in [6.45, 7) is 15.2. The summed E-state index contributed by atoms with van der Waals surface area (Å²) in [5.74, 6) is 1.01. The number of Topliss-reactive ketones (excluding diaryl/α,β-unsaturated/α-hetero) is 1. The second-order valence-corrected chi connectivity index (χ2v) is 12.1. The molecular weight excluding hydrogens is 408 g/mol. The van der Waals surface area contributed by atoms with E-state index in [2.05, 4.69) is 52.8 Å². The van der Waals surface area contributed by atoms with Crippen LogP contribution < -0.4 is 0 Å². The van der Waals surface area contributed by atoms with E-state index in [1.807, 2.05) is 13.8 Å². The number of carbonyl (C=O) groups is 1. The Kier molecular flexibility index (Phi) is 9.77. The van der Waals surface area contributed by atoms with Crippen molar-refractivity contribution in [2.75, 3.05) is 6.61 Å².